The van der Waals surface area contributed by atoms with Crippen LogP contribution in [0.3, 0.4) is 0 Å². The van der Waals surface area contributed by atoms with Gasteiger partial charge in [0.25, 0.3) is 0 Å². The zero-order valence-electron chi connectivity index (χ0n) is 13.6. The summed E-state index contributed by atoms with van der Waals surface area (Å²) in [4.78, 5) is 2.47. The van der Waals surface area contributed by atoms with Crippen LogP contribution < -0.4 is 5.32 Å². The maximum Gasteiger partial charge on any atom is 0.0464 e. The second kappa shape index (κ2) is 9.83. The average Bonchev–Trinajstić information content (AvgIpc) is 2.43. The number of halogens is 2. The molecule has 0 aliphatic carbocycles. The molecule has 0 saturated heterocycles. The Kier molecular flexibility index (Phi) is 8.88. The fourth-order valence-electron chi connectivity index (χ4n) is 2.61. The van der Waals surface area contributed by atoms with Gasteiger partial charge in [-0.2, -0.15) is 0 Å². The predicted octanol–water partition coefficient (Wildman–Crippen LogP) is 5.26. The molecule has 0 amide bonds. The molecule has 2 unspecified atom stereocenters. The standard InChI is InChI=1S/C17H28BrClN2/c1-5-21(6-2)11-7-8-13(3)20-14(4)16-10-9-15(18)12-17(16)19/h9-10,12-14,20H,5-8,11H2,1-4H3. The maximum atomic E-state index is 6.31. The molecule has 0 aromatic heterocycles. The van der Waals surface area contributed by atoms with Gasteiger partial charge in [-0.1, -0.05) is 47.4 Å². The molecule has 0 aliphatic rings. The summed E-state index contributed by atoms with van der Waals surface area (Å²) in [7, 11) is 0. The first-order chi connectivity index (χ1) is 9.97. The van der Waals surface area contributed by atoms with Crippen LogP contribution in [-0.4, -0.2) is 30.6 Å². The fourth-order valence-corrected chi connectivity index (χ4v) is 3.45. The highest BCUT2D eigenvalue weighted by atomic mass is 79.9. The topological polar surface area (TPSA) is 15.3 Å². The molecule has 0 saturated carbocycles. The van der Waals surface area contributed by atoms with Crippen LogP contribution in [0, 0.1) is 0 Å². The van der Waals surface area contributed by atoms with Gasteiger partial charge in [0.1, 0.15) is 0 Å². The van der Waals surface area contributed by atoms with E-state index in [0.717, 1.165) is 28.1 Å². The van der Waals surface area contributed by atoms with Crippen molar-refractivity contribution in [1.29, 1.82) is 0 Å². The Labute approximate surface area is 143 Å². The van der Waals surface area contributed by atoms with Crippen LogP contribution in [-0.2, 0) is 0 Å². The number of nitrogens with zero attached hydrogens (tertiary/aromatic N) is 1. The van der Waals surface area contributed by atoms with E-state index < -0.39 is 0 Å². The molecule has 120 valence electrons. The van der Waals surface area contributed by atoms with Gasteiger partial charge in [-0.15, -0.1) is 0 Å². The molecule has 4 heteroatoms. The Bertz CT molecular complexity index is 421. The molecule has 0 bridgehead atoms. The molecule has 0 spiro atoms. The smallest absolute Gasteiger partial charge is 0.0464 e. The zero-order valence-corrected chi connectivity index (χ0v) is 16.0. The maximum absolute atomic E-state index is 6.31. The number of benzene rings is 1. The minimum atomic E-state index is 0.272. The highest BCUT2D eigenvalue weighted by Gasteiger charge is 2.13. The van der Waals surface area contributed by atoms with E-state index in [1.807, 2.05) is 12.1 Å². The minimum absolute atomic E-state index is 0.272. The van der Waals surface area contributed by atoms with Crippen molar-refractivity contribution in [1.82, 2.24) is 10.2 Å². The van der Waals surface area contributed by atoms with E-state index in [1.54, 1.807) is 0 Å². The van der Waals surface area contributed by atoms with Crippen LogP contribution in [0.25, 0.3) is 0 Å². The van der Waals surface area contributed by atoms with E-state index in [1.165, 1.54) is 19.4 Å². The molecule has 2 nitrogen and oxygen atoms in total. The first-order valence-corrected chi connectivity index (χ1v) is 9.08. The molecular weight excluding hydrogens is 348 g/mol. The molecule has 2 atom stereocenters. The highest BCUT2D eigenvalue weighted by Crippen LogP contribution is 2.26. The Balaban J connectivity index is 2.41. The lowest BCUT2D eigenvalue weighted by molar-refractivity contribution is 0.288. The van der Waals surface area contributed by atoms with Gasteiger partial charge in [0.15, 0.2) is 0 Å². The lowest BCUT2D eigenvalue weighted by Gasteiger charge is -2.23. The van der Waals surface area contributed by atoms with E-state index in [-0.39, 0.29) is 6.04 Å². The van der Waals surface area contributed by atoms with Gasteiger partial charge in [0.2, 0.25) is 0 Å². The molecule has 1 aromatic rings. The summed E-state index contributed by atoms with van der Waals surface area (Å²) in [5, 5.41) is 4.47. The van der Waals surface area contributed by atoms with Crippen molar-refractivity contribution >= 4 is 27.5 Å². The second-order valence-corrected chi connectivity index (χ2v) is 6.95. The van der Waals surface area contributed by atoms with E-state index in [9.17, 15) is 0 Å². The first-order valence-electron chi connectivity index (χ1n) is 7.91. The molecule has 1 rings (SSSR count). The summed E-state index contributed by atoms with van der Waals surface area (Å²) in [6.07, 6.45) is 2.42. The quantitative estimate of drug-likeness (QED) is 0.633. The first kappa shape index (κ1) is 19.0. The lowest BCUT2D eigenvalue weighted by atomic mass is 10.1. The lowest BCUT2D eigenvalue weighted by Crippen LogP contribution is -2.31. The van der Waals surface area contributed by atoms with Crippen molar-refractivity contribution in [3.8, 4) is 0 Å². The van der Waals surface area contributed by atoms with Gasteiger partial charge in [-0.3, -0.25) is 0 Å². The number of nitrogens with one attached hydrogen (secondary N) is 1. The predicted molar refractivity (Wildman–Crippen MR) is 97.2 cm³/mol. The molecule has 21 heavy (non-hydrogen) atoms. The van der Waals surface area contributed by atoms with Crippen LogP contribution in [0.2, 0.25) is 5.02 Å². The third-order valence-corrected chi connectivity index (χ3v) is 4.79. The molecule has 0 radical (unpaired) electrons. The van der Waals surface area contributed by atoms with Gasteiger partial charge in [-0.25, -0.2) is 0 Å². The van der Waals surface area contributed by atoms with Gasteiger partial charge in [-0.05, 0) is 64.0 Å². The Hall–Kier alpha value is -0.0900. The molecule has 0 fully saturated rings. The van der Waals surface area contributed by atoms with E-state index in [4.69, 9.17) is 11.6 Å². The van der Waals surface area contributed by atoms with Crippen molar-refractivity contribution in [2.24, 2.45) is 0 Å². The van der Waals surface area contributed by atoms with Crippen LogP contribution in [0.1, 0.15) is 52.1 Å². The van der Waals surface area contributed by atoms with E-state index >= 15 is 0 Å². The summed E-state index contributed by atoms with van der Waals surface area (Å²) >= 11 is 9.76. The Morgan fingerprint density at radius 1 is 1.24 bits per heavy atom. The van der Waals surface area contributed by atoms with Crippen LogP contribution in [0.4, 0.5) is 0 Å². The van der Waals surface area contributed by atoms with Crippen molar-refractivity contribution in [3.63, 3.8) is 0 Å². The van der Waals surface area contributed by atoms with Crippen molar-refractivity contribution in [3.05, 3.63) is 33.3 Å². The van der Waals surface area contributed by atoms with Gasteiger partial charge >= 0.3 is 0 Å². The zero-order chi connectivity index (χ0) is 15.8. The molecule has 1 aromatic carbocycles. The number of hydrogen-bond acceptors (Lipinski definition) is 2. The Morgan fingerprint density at radius 2 is 1.90 bits per heavy atom. The van der Waals surface area contributed by atoms with Gasteiger partial charge < -0.3 is 10.2 Å². The van der Waals surface area contributed by atoms with Gasteiger partial charge in [0, 0.05) is 21.6 Å². The highest BCUT2D eigenvalue weighted by molar-refractivity contribution is 9.10. The van der Waals surface area contributed by atoms with Crippen molar-refractivity contribution in [2.75, 3.05) is 19.6 Å². The van der Waals surface area contributed by atoms with Gasteiger partial charge in [0.05, 0.1) is 0 Å². The molecule has 0 aliphatic heterocycles. The van der Waals surface area contributed by atoms with E-state index in [2.05, 4.69) is 59.9 Å². The summed E-state index contributed by atoms with van der Waals surface area (Å²) in [5.41, 5.74) is 1.16. The second-order valence-electron chi connectivity index (χ2n) is 5.62. The van der Waals surface area contributed by atoms with Crippen LogP contribution in [0.15, 0.2) is 22.7 Å². The SMILES string of the molecule is CCN(CC)CCCC(C)NC(C)c1ccc(Br)cc1Cl. The van der Waals surface area contributed by atoms with Crippen LogP contribution >= 0.6 is 27.5 Å². The minimum Gasteiger partial charge on any atom is -0.308 e. The normalized spacial score (nSPS) is 14.4. The third kappa shape index (κ3) is 6.68. The average molecular weight is 376 g/mol. The third-order valence-electron chi connectivity index (χ3n) is 3.97. The fraction of sp³-hybridized carbons (Fsp3) is 0.647. The summed E-state index contributed by atoms with van der Waals surface area (Å²) in [6, 6.07) is 6.86. The monoisotopic (exact) mass is 374 g/mol. The molecular formula is C17H28BrClN2. The summed E-state index contributed by atoms with van der Waals surface area (Å²) in [5.74, 6) is 0. The number of rotatable bonds is 9. The van der Waals surface area contributed by atoms with Crippen LogP contribution in [0.5, 0.6) is 0 Å². The van der Waals surface area contributed by atoms with Crippen molar-refractivity contribution in [2.45, 2.75) is 52.6 Å². The Morgan fingerprint density at radius 3 is 2.48 bits per heavy atom. The molecule has 1 N–H and O–H groups in total. The van der Waals surface area contributed by atoms with Crippen molar-refractivity contribution < 1.29 is 0 Å². The molecule has 0 heterocycles. The largest absolute Gasteiger partial charge is 0.308 e. The summed E-state index contributed by atoms with van der Waals surface area (Å²) < 4.78 is 1.02. The van der Waals surface area contributed by atoms with E-state index in [0.29, 0.717) is 6.04 Å². The number of hydrogen-bond donors (Lipinski definition) is 1. The summed E-state index contributed by atoms with van der Waals surface area (Å²) in [6.45, 7) is 12.4.